The highest BCUT2D eigenvalue weighted by atomic mass is 16.5. The molecular weight excluding hydrogens is 420 g/mol. The van der Waals surface area contributed by atoms with Gasteiger partial charge >= 0.3 is 5.97 Å². The largest absolute Gasteiger partial charge is 0.504 e. The van der Waals surface area contributed by atoms with Gasteiger partial charge < -0.3 is 20.1 Å². The van der Waals surface area contributed by atoms with Gasteiger partial charge in [-0.1, -0.05) is 6.07 Å². The summed E-state index contributed by atoms with van der Waals surface area (Å²) in [6.07, 6.45) is 7.54. The third kappa shape index (κ3) is 2.64. The Morgan fingerprint density at radius 2 is 2.00 bits per heavy atom. The van der Waals surface area contributed by atoms with E-state index in [-0.39, 0.29) is 36.4 Å². The molecule has 6 aliphatic rings. The summed E-state index contributed by atoms with van der Waals surface area (Å²) in [5.74, 6) is 0.763. The van der Waals surface area contributed by atoms with E-state index in [1.54, 1.807) is 6.07 Å². The van der Waals surface area contributed by atoms with Crippen LogP contribution in [-0.2, 0) is 16.6 Å². The number of aliphatic hydroxyl groups is 1. The van der Waals surface area contributed by atoms with Gasteiger partial charge in [-0.15, -0.1) is 0 Å². The van der Waals surface area contributed by atoms with Crippen LogP contribution in [-0.4, -0.2) is 80.6 Å². The number of carboxylic acids is 1. The predicted octanol–water partition coefficient (Wildman–Crippen LogP) is 2.26. The zero-order valence-electron chi connectivity index (χ0n) is 19.1. The van der Waals surface area contributed by atoms with Crippen molar-refractivity contribution in [3.63, 3.8) is 0 Å². The van der Waals surface area contributed by atoms with Crippen molar-refractivity contribution in [2.45, 2.75) is 93.0 Å². The molecule has 178 valence electrons. The number of piperidine rings is 1. The second-order valence-corrected chi connectivity index (χ2v) is 11.5. The molecule has 2 saturated carbocycles. The molecular formula is C26H34N2O5. The minimum atomic E-state index is -0.880. The fraction of sp³-hybridized carbons (Fsp3) is 0.731. The minimum absolute atomic E-state index is 0.0183. The van der Waals surface area contributed by atoms with Crippen molar-refractivity contribution in [3.8, 4) is 11.5 Å². The molecule has 7 rings (SSSR count). The quantitative estimate of drug-likeness (QED) is 0.628. The molecule has 0 aromatic heterocycles. The SMILES string of the molecule is O=C(O)CC1CCCN1[C@H]1CC[C@@]2(O)[C@H]3Cc4ccc(O)c5c4[C@@]2(CCN3CC2CC2)[C@H]1O5. The molecule has 0 amide bonds. The summed E-state index contributed by atoms with van der Waals surface area (Å²) in [7, 11) is 0. The van der Waals surface area contributed by atoms with Crippen LogP contribution in [0.3, 0.4) is 0 Å². The molecule has 3 aliphatic heterocycles. The number of aliphatic carboxylic acids is 1. The molecule has 7 nitrogen and oxygen atoms in total. The average Bonchev–Trinajstić information content (AvgIpc) is 3.35. The molecule has 3 heterocycles. The Hall–Kier alpha value is -1.83. The standard InChI is InChI=1S/C26H34N2O5/c29-19-6-5-16-12-20-26(32)8-7-18(28-10-1-2-17(28)13-21(30)31)24-25(26,22(16)23(19)33-24)9-11-27(20)14-15-3-4-15/h5-6,15,17-18,20,24,29,32H,1-4,7-14H2,(H,30,31)/t17?,18-,20+,24-,25-,26+/m0/s1. The van der Waals surface area contributed by atoms with E-state index in [2.05, 4.69) is 9.80 Å². The predicted molar refractivity (Wildman–Crippen MR) is 121 cm³/mol. The van der Waals surface area contributed by atoms with Crippen LogP contribution in [0.2, 0.25) is 0 Å². The molecule has 1 unspecified atom stereocenters. The van der Waals surface area contributed by atoms with E-state index < -0.39 is 17.0 Å². The number of rotatable bonds is 5. The van der Waals surface area contributed by atoms with Gasteiger partial charge in [0.2, 0.25) is 0 Å². The maximum absolute atomic E-state index is 12.6. The molecule has 3 N–H and O–H groups in total. The summed E-state index contributed by atoms with van der Waals surface area (Å²) in [5, 5.41) is 32.8. The van der Waals surface area contributed by atoms with Gasteiger partial charge in [0.25, 0.3) is 0 Å². The summed E-state index contributed by atoms with van der Waals surface area (Å²) in [4.78, 5) is 16.5. The molecule has 1 aromatic rings. The van der Waals surface area contributed by atoms with Gasteiger partial charge in [-0.2, -0.15) is 0 Å². The number of phenolic OH excluding ortho intramolecular Hbond substituents is 1. The van der Waals surface area contributed by atoms with Crippen LogP contribution in [0.5, 0.6) is 11.5 Å². The third-order valence-electron chi connectivity index (χ3n) is 9.99. The number of carbonyl (C=O) groups is 1. The first-order valence-electron chi connectivity index (χ1n) is 12.9. The second kappa shape index (κ2) is 6.86. The van der Waals surface area contributed by atoms with Crippen molar-refractivity contribution in [2.24, 2.45) is 5.92 Å². The third-order valence-corrected chi connectivity index (χ3v) is 9.99. The van der Waals surface area contributed by atoms with Gasteiger partial charge in [-0.05, 0) is 82.0 Å². The molecule has 1 spiro atoms. The monoisotopic (exact) mass is 454 g/mol. The maximum Gasteiger partial charge on any atom is 0.304 e. The summed E-state index contributed by atoms with van der Waals surface area (Å²) >= 11 is 0. The molecule has 6 atom stereocenters. The number of likely N-dealkylation sites (tertiary alicyclic amines) is 2. The van der Waals surface area contributed by atoms with E-state index in [0.29, 0.717) is 12.2 Å². The molecule has 1 aromatic carbocycles. The van der Waals surface area contributed by atoms with Gasteiger partial charge in [0.05, 0.1) is 17.4 Å². The number of aromatic hydroxyl groups is 1. The first kappa shape index (κ1) is 20.5. The van der Waals surface area contributed by atoms with Crippen LogP contribution >= 0.6 is 0 Å². The van der Waals surface area contributed by atoms with Gasteiger partial charge in [0.15, 0.2) is 11.5 Å². The normalized spacial score (nSPS) is 41.6. The maximum atomic E-state index is 12.6. The van der Waals surface area contributed by atoms with Gasteiger partial charge in [-0.25, -0.2) is 0 Å². The first-order chi connectivity index (χ1) is 15.9. The Kier molecular flexibility index (Phi) is 4.27. The fourth-order valence-electron chi connectivity index (χ4n) is 8.51. The van der Waals surface area contributed by atoms with Crippen LogP contribution in [0, 0.1) is 5.92 Å². The zero-order valence-corrected chi connectivity index (χ0v) is 19.1. The summed E-state index contributed by atoms with van der Waals surface area (Å²) in [6, 6.07) is 3.96. The van der Waals surface area contributed by atoms with Crippen LogP contribution in [0.25, 0.3) is 0 Å². The summed E-state index contributed by atoms with van der Waals surface area (Å²) < 4.78 is 6.66. The Morgan fingerprint density at radius 1 is 1.15 bits per heavy atom. The minimum Gasteiger partial charge on any atom is -0.504 e. The second-order valence-electron chi connectivity index (χ2n) is 11.5. The van der Waals surface area contributed by atoms with Crippen molar-refractivity contribution in [2.75, 3.05) is 19.6 Å². The lowest BCUT2D eigenvalue weighted by Gasteiger charge is -2.65. The average molecular weight is 455 g/mol. The molecule has 3 aliphatic carbocycles. The smallest absolute Gasteiger partial charge is 0.304 e. The van der Waals surface area contributed by atoms with Crippen molar-refractivity contribution >= 4 is 5.97 Å². The molecule has 2 saturated heterocycles. The van der Waals surface area contributed by atoms with E-state index in [1.165, 1.54) is 18.4 Å². The zero-order chi connectivity index (χ0) is 22.5. The fourth-order valence-corrected chi connectivity index (χ4v) is 8.51. The van der Waals surface area contributed by atoms with E-state index in [1.807, 2.05) is 6.07 Å². The Bertz CT molecular complexity index is 1010. The molecule has 4 fully saturated rings. The van der Waals surface area contributed by atoms with E-state index >= 15 is 0 Å². The Labute approximate surface area is 194 Å². The Balaban J connectivity index is 1.33. The number of hydrogen-bond donors (Lipinski definition) is 3. The van der Waals surface area contributed by atoms with Crippen molar-refractivity contribution in [1.82, 2.24) is 9.80 Å². The summed E-state index contributed by atoms with van der Waals surface area (Å²) in [5.41, 5.74) is 0.856. The highest BCUT2D eigenvalue weighted by molar-refractivity contribution is 5.67. The van der Waals surface area contributed by atoms with E-state index in [0.717, 1.165) is 63.2 Å². The molecule has 33 heavy (non-hydrogen) atoms. The summed E-state index contributed by atoms with van der Waals surface area (Å²) in [6.45, 7) is 2.90. The number of ether oxygens (including phenoxy) is 1. The number of hydrogen-bond acceptors (Lipinski definition) is 6. The van der Waals surface area contributed by atoms with Crippen molar-refractivity contribution in [1.29, 1.82) is 0 Å². The molecule has 7 heteroatoms. The lowest BCUT2D eigenvalue weighted by molar-refractivity contribution is -0.201. The Morgan fingerprint density at radius 3 is 2.79 bits per heavy atom. The van der Waals surface area contributed by atoms with Gasteiger partial charge in [0, 0.05) is 30.2 Å². The van der Waals surface area contributed by atoms with E-state index in [9.17, 15) is 20.1 Å². The number of phenols is 1. The molecule has 0 radical (unpaired) electrons. The first-order valence-corrected chi connectivity index (χ1v) is 12.9. The molecule has 2 bridgehead atoms. The highest BCUT2D eigenvalue weighted by Crippen LogP contribution is 2.66. The number of carboxylic acid groups (broad SMARTS) is 1. The van der Waals surface area contributed by atoms with Crippen LogP contribution < -0.4 is 4.74 Å². The van der Waals surface area contributed by atoms with Crippen molar-refractivity contribution < 1.29 is 24.9 Å². The lowest BCUT2D eigenvalue weighted by atomic mass is 9.48. The van der Waals surface area contributed by atoms with Crippen LogP contribution in [0.15, 0.2) is 12.1 Å². The topological polar surface area (TPSA) is 93.5 Å². The van der Waals surface area contributed by atoms with Crippen LogP contribution in [0.1, 0.15) is 62.5 Å². The van der Waals surface area contributed by atoms with Crippen LogP contribution in [0.4, 0.5) is 0 Å². The van der Waals surface area contributed by atoms with Gasteiger partial charge in [-0.3, -0.25) is 14.6 Å². The van der Waals surface area contributed by atoms with Gasteiger partial charge in [0.1, 0.15) is 6.10 Å². The number of benzene rings is 1. The van der Waals surface area contributed by atoms with E-state index in [4.69, 9.17) is 4.74 Å². The highest BCUT2D eigenvalue weighted by Gasteiger charge is 2.73. The lowest BCUT2D eigenvalue weighted by Crippen LogP contribution is -2.78. The number of nitrogens with zero attached hydrogens (tertiary/aromatic N) is 2. The van der Waals surface area contributed by atoms with Crippen molar-refractivity contribution in [3.05, 3.63) is 23.3 Å².